The van der Waals surface area contributed by atoms with Crippen LogP contribution in [0.25, 0.3) is 11.3 Å². The number of rotatable bonds is 4. The van der Waals surface area contributed by atoms with Gasteiger partial charge in [0.25, 0.3) is 5.56 Å². The summed E-state index contributed by atoms with van der Waals surface area (Å²) in [4.78, 5) is 12.7. The Balaban J connectivity index is 2.65. The van der Waals surface area contributed by atoms with E-state index in [1.807, 2.05) is 32.0 Å². The van der Waals surface area contributed by atoms with E-state index < -0.39 is 0 Å². The zero-order valence-electron chi connectivity index (χ0n) is 12.6. The quantitative estimate of drug-likeness (QED) is 0.881. The highest BCUT2D eigenvalue weighted by atomic mass is 32.1. The molecule has 0 saturated heterocycles. The maximum Gasteiger partial charge on any atom is 0.261 e. The third kappa shape index (κ3) is 3.05. The second-order valence-corrected chi connectivity index (χ2v) is 5.76. The van der Waals surface area contributed by atoms with E-state index in [1.54, 1.807) is 10.6 Å². The fourth-order valence-corrected chi connectivity index (χ4v) is 2.56. The lowest BCUT2D eigenvalue weighted by molar-refractivity contribution is 0.584. The Morgan fingerprint density at radius 1 is 1.19 bits per heavy atom. The summed E-state index contributed by atoms with van der Waals surface area (Å²) in [5.41, 5.74) is 9.08. The van der Waals surface area contributed by atoms with Gasteiger partial charge in [0.1, 0.15) is 4.99 Å². The second-order valence-electron chi connectivity index (χ2n) is 5.32. The molecule has 0 radical (unpaired) electrons. The summed E-state index contributed by atoms with van der Waals surface area (Å²) in [6.45, 7) is 6.08. The zero-order chi connectivity index (χ0) is 15.6. The molecule has 1 aromatic carbocycles. The molecule has 1 aromatic heterocycles. The van der Waals surface area contributed by atoms with Crippen molar-refractivity contribution in [1.29, 1.82) is 0 Å². The maximum absolute atomic E-state index is 12.6. The first-order valence-electron chi connectivity index (χ1n) is 7.10. The molecule has 4 heteroatoms. The molecule has 0 unspecified atom stereocenters. The summed E-state index contributed by atoms with van der Waals surface area (Å²) in [6.07, 6.45) is 0.998. The minimum absolute atomic E-state index is 0.0349. The third-order valence-electron chi connectivity index (χ3n) is 3.56. The van der Waals surface area contributed by atoms with E-state index in [1.165, 1.54) is 5.56 Å². The molecule has 21 heavy (non-hydrogen) atoms. The smallest absolute Gasteiger partial charge is 0.261 e. The van der Waals surface area contributed by atoms with Crippen molar-refractivity contribution in [1.82, 2.24) is 4.57 Å². The van der Waals surface area contributed by atoms with Crippen LogP contribution in [0, 0.1) is 0 Å². The van der Waals surface area contributed by atoms with Gasteiger partial charge in [0.2, 0.25) is 0 Å². The number of hydrogen-bond donors (Lipinski definition) is 1. The predicted molar refractivity (Wildman–Crippen MR) is 91.8 cm³/mol. The van der Waals surface area contributed by atoms with Gasteiger partial charge in [-0.1, -0.05) is 43.4 Å². The van der Waals surface area contributed by atoms with Gasteiger partial charge in [-0.3, -0.25) is 4.79 Å². The Labute approximate surface area is 130 Å². The van der Waals surface area contributed by atoms with Crippen molar-refractivity contribution in [2.75, 3.05) is 0 Å². The van der Waals surface area contributed by atoms with Gasteiger partial charge in [-0.15, -0.1) is 0 Å². The van der Waals surface area contributed by atoms with Gasteiger partial charge in [-0.05, 0) is 43.5 Å². The fourth-order valence-electron chi connectivity index (χ4n) is 2.40. The summed E-state index contributed by atoms with van der Waals surface area (Å²) in [5, 5.41) is 0. The van der Waals surface area contributed by atoms with Gasteiger partial charge in [-0.25, -0.2) is 0 Å². The number of hydrogen-bond acceptors (Lipinski definition) is 2. The van der Waals surface area contributed by atoms with Crippen molar-refractivity contribution in [3.8, 4) is 11.3 Å². The van der Waals surface area contributed by atoms with Crippen molar-refractivity contribution in [3.63, 3.8) is 0 Å². The molecule has 1 heterocycles. The molecule has 2 aromatic rings. The van der Waals surface area contributed by atoms with Crippen LogP contribution in [0.15, 0.2) is 41.2 Å². The maximum atomic E-state index is 12.6. The SMILES string of the molecule is CCc1ccc(-c2ccc(C(N)=S)c(=O)n2C(C)C)cc1. The number of pyridine rings is 1. The monoisotopic (exact) mass is 300 g/mol. The van der Waals surface area contributed by atoms with Crippen LogP contribution in [0.1, 0.15) is 37.9 Å². The van der Waals surface area contributed by atoms with Crippen LogP contribution in [-0.4, -0.2) is 9.56 Å². The molecule has 2 N–H and O–H groups in total. The molecule has 0 saturated carbocycles. The van der Waals surface area contributed by atoms with Crippen LogP contribution in [0.2, 0.25) is 0 Å². The second kappa shape index (κ2) is 6.22. The predicted octanol–water partition coefficient (Wildman–Crippen LogP) is 3.29. The topological polar surface area (TPSA) is 48.0 Å². The molecule has 0 fully saturated rings. The van der Waals surface area contributed by atoms with Crippen LogP contribution in [-0.2, 0) is 6.42 Å². The van der Waals surface area contributed by atoms with Crippen LogP contribution >= 0.6 is 12.2 Å². The Bertz CT molecular complexity index is 715. The van der Waals surface area contributed by atoms with Crippen molar-refractivity contribution in [3.05, 3.63) is 57.9 Å². The number of aromatic nitrogens is 1. The van der Waals surface area contributed by atoms with Crippen LogP contribution in [0.3, 0.4) is 0 Å². The molecule has 3 nitrogen and oxygen atoms in total. The highest BCUT2D eigenvalue weighted by molar-refractivity contribution is 7.80. The Hall–Kier alpha value is -1.94. The lowest BCUT2D eigenvalue weighted by Gasteiger charge is -2.18. The van der Waals surface area contributed by atoms with Crippen LogP contribution < -0.4 is 11.3 Å². The highest BCUT2D eigenvalue weighted by Crippen LogP contribution is 2.22. The van der Waals surface area contributed by atoms with Crippen molar-refractivity contribution < 1.29 is 0 Å². The molecule has 0 atom stereocenters. The molecule has 110 valence electrons. The first-order valence-corrected chi connectivity index (χ1v) is 7.51. The summed E-state index contributed by atoms with van der Waals surface area (Å²) in [6, 6.07) is 11.9. The number of aryl methyl sites for hydroxylation is 1. The average Bonchev–Trinajstić information content (AvgIpc) is 2.46. The van der Waals surface area contributed by atoms with E-state index in [2.05, 4.69) is 19.1 Å². The van der Waals surface area contributed by atoms with E-state index in [-0.39, 0.29) is 16.6 Å². The summed E-state index contributed by atoms with van der Waals surface area (Å²) in [7, 11) is 0. The third-order valence-corrected chi connectivity index (χ3v) is 3.78. The molecule has 0 aliphatic rings. The molecule has 0 spiro atoms. The average molecular weight is 300 g/mol. The Morgan fingerprint density at radius 2 is 1.81 bits per heavy atom. The molecule has 0 aliphatic heterocycles. The minimum Gasteiger partial charge on any atom is -0.389 e. The molecule has 2 rings (SSSR count). The van der Waals surface area contributed by atoms with Gasteiger partial charge < -0.3 is 10.3 Å². The fraction of sp³-hybridized carbons (Fsp3) is 0.294. The van der Waals surface area contributed by atoms with E-state index in [9.17, 15) is 4.79 Å². The summed E-state index contributed by atoms with van der Waals surface area (Å²) < 4.78 is 1.75. The highest BCUT2D eigenvalue weighted by Gasteiger charge is 2.14. The van der Waals surface area contributed by atoms with Gasteiger partial charge in [0, 0.05) is 6.04 Å². The van der Waals surface area contributed by atoms with Crippen LogP contribution in [0.4, 0.5) is 0 Å². The molecule has 0 aliphatic carbocycles. The minimum atomic E-state index is -0.130. The van der Waals surface area contributed by atoms with Gasteiger partial charge in [-0.2, -0.15) is 0 Å². The molecule has 0 amide bonds. The van der Waals surface area contributed by atoms with E-state index in [0.29, 0.717) is 5.56 Å². The van der Waals surface area contributed by atoms with E-state index in [0.717, 1.165) is 17.7 Å². The van der Waals surface area contributed by atoms with Gasteiger partial charge in [0.15, 0.2) is 0 Å². The van der Waals surface area contributed by atoms with Crippen LogP contribution in [0.5, 0.6) is 0 Å². The van der Waals surface area contributed by atoms with Gasteiger partial charge >= 0.3 is 0 Å². The number of thiocarbonyl (C=S) groups is 1. The number of benzene rings is 1. The van der Waals surface area contributed by atoms with Crippen molar-refractivity contribution in [2.24, 2.45) is 5.73 Å². The van der Waals surface area contributed by atoms with Gasteiger partial charge in [0.05, 0.1) is 11.3 Å². The number of nitrogens with two attached hydrogens (primary N) is 1. The molecule has 0 bridgehead atoms. The standard InChI is InChI=1S/C17H20N2OS/c1-4-12-5-7-13(8-6-12)15-10-9-14(16(18)21)17(20)19(15)11(2)3/h5-11H,4H2,1-3H3,(H2,18,21). The van der Waals surface area contributed by atoms with Crippen molar-refractivity contribution >= 4 is 17.2 Å². The lowest BCUT2D eigenvalue weighted by Crippen LogP contribution is -2.30. The normalized spacial score (nSPS) is 10.9. The molecular formula is C17H20N2OS. The van der Waals surface area contributed by atoms with E-state index in [4.69, 9.17) is 18.0 Å². The Kier molecular flexibility index (Phi) is 4.58. The summed E-state index contributed by atoms with van der Waals surface area (Å²) >= 11 is 4.95. The molecular weight excluding hydrogens is 280 g/mol. The summed E-state index contributed by atoms with van der Waals surface area (Å²) in [5.74, 6) is 0. The first-order chi connectivity index (χ1) is 9.95. The number of nitrogens with zero attached hydrogens (tertiary/aromatic N) is 1. The first kappa shape index (κ1) is 15.4. The van der Waals surface area contributed by atoms with E-state index >= 15 is 0 Å². The van der Waals surface area contributed by atoms with Crippen molar-refractivity contribution in [2.45, 2.75) is 33.2 Å². The largest absolute Gasteiger partial charge is 0.389 e. The Morgan fingerprint density at radius 3 is 2.29 bits per heavy atom. The zero-order valence-corrected chi connectivity index (χ0v) is 13.4. The lowest BCUT2D eigenvalue weighted by atomic mass is 10.1.